The molecule has 2 aromatic rings. The lowest BCUT2D eigenvalue weighted by atomic mass is 9.83. The summed E-state index contributed by atoms with van der Waals surface area (Å²) < 4.78 is 19.9. The quantitative estimate of drug-likeness (QED) is 0.307. The second-order valence-electron chi connectivity index (χ2n) is 7.61. The van der Waals surface area contributed by atoms with Crippen LogP contribution in [0.2, 0.25) is 0 Å². The molecular formula is C24H24BBrFNO3. The van der Waals surface area contributed by atoms with E-state index >= 15 is 0 Å². The molecule has 0 bridgehead atoms. The van der Waals surface area contributed by atoms with E-state index in [0.717, 1.165) is 32.1 Å². The highest BCUT2D eigenvalue weighted by Crippen LogP contribution is 2.34. The first-order valence-electron chi connectivity index (χ1n) is 10.3. The minimum atomic E-state index is -0.984. The summed E-state index contributed by atoms with van der Waals surface area (Å²) >= 11 is 3.26. The number of rotatable bonds is 6. The van der Waals surface area contributed by atoms with Gasteiger partial charge >= 0.3 is 5.97 Å². The highest BCUT2D eigenvalue weighted by molar-refractivity contribution is 9.10. The molecule has 0 saturated heterocycles. The number of amides is 1. The van der Waals surface area contributed by atoms with Crippen LogP contribution < -0.4 is 4.90 Å². The van der Waals surface area contributed by atoms with Gasteiger partial charge in [0.25, 0.3) is 0 Å². The predicted molar refractivity (Wildman–Crippen MR) is 124 cm³/mol. The van der Waals surface area contributed by atoms with E-state index in [4.69, 9.17) is 7.85 Å². The van der Waals surface area contributed by atoms with Crippen molar-refractivity contribution in [1.82, 2.24) is 0 Å². The molecule has 7 heteroatoms. The van der Waals surface area contributed by atoms with Crippen LogP contribution in [0.5, 0.6) is 0 Å². The molecular weight excluding hydrogens is 460 g/mol. The van der Waals surface area contributed by atoms with Crippen molar-refractivity contribution in [2.75, 3.05) is 12.0 Å². The van der Waals surface area contributed by atoms with Crippen molar-refractivity contribution in [3.63, 3.8) is 0 Å². The molecule has 1 saturated carbocycles. The molecule has 1 aliphatic carbocycles. The Bertz CT molecular complexity index is 975. The fourth-order valence-electron chi connectivity index (χ4n) is 3.86. The van der Waals surface area contributed by atoms with Gasteiger partial charge in [0.1, 0.15) is 13.7 Å². The average Bonchev–Trinajstić information content (AvgIpc) is 2.78. The third-order valence-corrected chi connectivity index (χ3v) is 6.01. The monoisotopic (exact) mass is 483 g/mol. The van der Waals surface area contributed by atoms with Gasteiger partial charge in [-0.1, -0.05) is 53.4 Å². The van der Waals surface area contributed by atoms with Crippen molar-refractivity contribution in [2.45, 2.75) is 38.0 Å². The largest absolute Gasteiger partial charge is 0.466 e. The second kappa shape index (κ2) is 10.8. The fraction of sp³-hybridized carbons (Fsp3) is 0.333. The molecule has 1 aliphatic rings. The number of halogens is 2. The first-order chi connectivity index (χ1) is 14.9. The lowest BCUT2D eigenvalue weighted by molar-refractivity contribution is -0.134. The molecule has 160 valence electrons. The topological polar surface area (TPSA) is 46.6 Å². The number of anilines is 1. The van der Waals surface area contributed by atoms with Crippen LogP contribution in [0.3, 0.4) is 0 Å². The Kier molecular flexibility index (Phi) is 8.07. The third-order valence-electron chi connectivity index (χ3n) is 5.51. The minimum Gasteiger partial charge on any atom is -0.466 e. The normalized spacial score (nSPS) is 15.6. The molecule has 2 aromatic carbocycles. The van der Waals surface area contributed by atoms with Gasteiger partial charge in [-0.3, -0.25) is 4.79 Å². The SMILES string of the molecule is [B]C(c1ccc(Br)cc1F)N(C(=O)C1CCCCC1)c1cccc(/C=C/C(=O)OC)c1. The van der Waals surface area contributed by atoms with Crippen LogP contribution in [0.1, 0.15) is 49.2 Å². The predicted octanol–water partition coefficient (Wildman–Crippen LogP) is 5.56. The summed E-state index contributed by atoms with van der Waals surface area (Å²) in [6, 6.07) is 11.7. The van der Waals surface area contributed by atoms with Gasteiger partial charge in [-0.15, -0.1) is 0 Å². The van der Waals surface area contributed by atoms with Gasteiger partial charge in [-0.2, -0.15) is 0 Å². The van der Waals surface area contributed by atoms with Crippen LogP contribution in [0.25, 0.3) is 6.08 Å². The Labute approximate surface area is 192 Å². The fourth-order valence-corrected chi connectivity index (χ4v) is 4.20. The number of methoxy groups -OCH3 is 1. The van der Waals surface area contributed by atoms with Gasteiger partial charge in [-0.05, 0) is 48.7 Å². The molecule has 31 heavy (non-hydrogen) atoms. The van der Waals surface area contributed by atoms with Crippen LogP contribution in [0.4, 0.5) is 10.1 Å². The molecule has 0 spiro atoms. The van der Waals surface area contributed by atoms with E-state index in [-0.39, 0.29) is 17.4 Å². The summed E-state index contributed by atoms with van der Waals surface area (Å²) in [5.41, 5.74) is 1.49. The summed E-state index contributed by atoms with van der Waals surface area (Å²) in [5.74, 6) is -2.20. The van der Waals surface area contributed by atoms with Gasteiger partial charge < -0.3 is 9.64 Å². The molecule has 0 N–H and O–H groups in total. The van der Waals surface area contributed by atoms with E-state index in [9.17, 15) is 14.0 Å². The number of hydrogen-bond acceptors (Lipinski definition) is 3. The zero-order valence-electron chi connectivity index (χ0n) is 17.4. The Hall–Kier alpha value is -2.41. The molecule has 3 rings (SSSR count). The summed E-state index contributed by atoms with van der Waals surface area (Å²) in [6.45, 7) is 0. The van der Waals surface area contributed by atoms with Crippen LogP contribution in [-0.4, -0.2) is 26.8 Å². The van der Waals surface area contributed by atoms with Crippen molar-refractivity contribution in [3.8, 4) is 0 Å². The van der Waals surface area contributed by atoms with E-state index < -0.39 is 17.7 Å². The summed E-state index contributed by atoms with van der Waals surface area (Å²) in [6.07, 6.45) is 7.61. The smallest absolute Gasteiger partial charge is 0.330 e. The van der Waals surface area contributed by atoms with Crippen molar-refractivity contribution in [1.29, 1.82) is 0 Å². The Morgan fingerprint density at radius 3 is 2.61 bits per heavy atom. The van der Waals surface area contributed by atoms with Crippen LogP contribution in [0, 0.1) is 11.7 Å². The number of esters is 1. The lowest BCUT2D eigenvalue weighted by Crippen LogP contribution is -2.40. The molecule has 1 fully saturated rings. The number of ether oxygens (including phenoxy) is 1. The molecule has 0 aliphatic heterocycles. The van der Waals surface area contributed by atoms with Gasteiger partial charge in [0.2, 0.25) is 5.91 Å². The van der Waals surface area contributed by atoms with E-state index in [0.29, 0.717) is 15.7 Å². The molecule has 2 radical (unpaired) electrons. The maximum Gasteiger partial charge on any atom is 0.330 e. The van der Waals surface area contributed by atoms with Crippen LogP contribution >= 0.6 is 15.9 Å². The van der Waals surface area contributed by atoms with E-state index in [1.54, 1.807) is 42.5 Å². The van der Waals surface area contributed by atoms with Crippen molar-refractivity contribution in [3.05, 3.63) is 70.0 Å². The highest BCUT2D eigenvalue weighted by Gasteiger charge is 2.31. The van der Waals surface area contributed by atoms with E-state index in [1.807, 2.05) is 0 Å². The average molecular weight is 484 g/mol. The number of hydrogen-bond donors (Lipinski definition) is 0. The second-order valence-corrected chi connectivity index (χ2v) is 8.52. The molecule has 1 unspecified atom stereocenters. The standard InChI is InChI=1S/C24H24BBrFNO3/c1-31-22(29)13-10-16-6-5-9-19(14-16)28(24(30)17-7-3-2-4-8-17)23(25)20-12-11-18(26)15-21(20)27/h5-6,9-15,17,23H,2-4,7-8H2,1H3/b13-10+. The number of carbonyl (C=O) groups is 2. The molecule has 0 aromatic heterocycles. The molecule has 1 amide bonds. The minimum absolute atomic E-state index is 0.108. The molecule has 4 nitrogen and oxygen atoms in total. The summed E-state index contributed by atoms with van der Waals surface area (Å²) in [5, 5.41) is 0. The number of nitrogens with zero attached hydrogens (tertiary/aromatic N) is 1. The summed E-state index contributed by atoms with van der Waals surface area (Å²) in [4.78, 5) is 26.5. The maximum absolute atomic E-state index is 14.7. The zero-order chi connectivity index (χ0) is 22.4. The van der Waals surface area contributed by atoms with E-state index in [1.165, 1.54) is 24.2 Å². The van der Waals surface area contributed by atoms with Gasteiger partial charge in [-0.25, -0.2) is 9.18 Å². The third kappa shape index (κ3) is 5.85. The zero-order valence-corrected chi connectivity index (χ0v) is 19.0. The lowest BCUT2D eigenvalue weighted by Gasteiger charge is -2.35. The Morgan fingerprint density at radius 1 is 1.19 bits per heavy atom. The first-order valence-corrected chi connectivity index (χ1v) is 11.1. The Morgan fingerprint density at radius 2 is 1.94 bits per heavy atom. The van der Waals surface area contributed by atoms with Gasteiger partial charge in [0.15, 0.2) is 0 Å². The van der Waals surface area contributed by atoms with Crippen molar-refractivity contribution < 1.29 is 18.7 Å². The van der Waals surface area contributed by atoms with E-state index in [2.05, 4.69) is 20.7 Å². The van der Waals surface area contributed by atoms with Crippen LogP contribution in [-0.2, 0) is 14.3 Å². The van der Waals surface area contributed by atoms with Gasteiger partial charge in [0, 0.05) is 33.7 Å². The number of benzene rings is 2. The summed E-state index contributed by atoms with van der Waals surface area (Å²) in [7, 11) is 7.79. The van der Waals surface area contributed by atoms with Crippen molar-refractivity contribution in [2.24, 2.45) is 5.92 Å². The Balaban J connectivity index is 2.00. The first kappa shape index (κ1) is 23.3. The van der Waals surface area contributed by atoms with Gasteiger partial charge in [0.05, 0.1) is 7.11 Å². The highest BCUT2D eigenvalue weighted by atomic mass is 79.9. The van der Waals surface area contributed by atoms with Crippen LogP contribution in [0.15, 0.2) is 53.0 Å². The van der Waals surface area contributed by atoms with Crippen molar-refractivity contribution >= 4 is 47.4 Å². The molecule has 1 atom stereocenters. The molecule has 0 heterocycles. The number of carbonyl (C=O) groups excluding carboxylic acids is 2. The maximum atomic E-state index is 14.7.